The fraction of sp³-hybridized carbons (Fsp3) is 0.182. The van der Waals surface area contributed by atoms with Crippen molar-refractivity contribution < 1.29 is 4.74 Å². The molecular formula is C22H21N3OS. The third-order valence-electron chi connectivity index (χ3n) is 4.57. The topological polar surface area (TPSA) is 47.0 Å². The van der Waals surface area contributed by atoms with Crippen molar-refractivity contribution in [2.45, 2.75) is 20.8 Å². The summed E-state index contributed by atoms with van der Waals surface area (Å²) < 4.78 is 5.56. The van der Waals surface area contributed by atoms with Gasteiger partial charge >= 0.3 is 0 Å². The first kappa shape index (κ1) is 17.5. The predicted molar refractivity (Wildman–Crippen MR) is 113 cm³/mol. The molecule has 2 aromatic heterocycles. The van der Waals surface area contributed by atoms with Crippen LogP contribution in [0.1, 0.15) is 18.1 Å². The van der Waals surface area contributed by atoms with Crippen LogP contribution in [0.25, 0.3) is 21.3 Å². The lowest BCUT2D eigenvalue weighted by atomic mass is 10.1. The summed E-state index contributed by atoms with van der Waals surface area (Å²) in [6, 6.07) is 14.5. The van der Waals surface area contributed by atoms with E-state index in [-0.39, 0.29) is 0 Å². The van der Waals surface area contributed by atoms with E-state index in [1.165, 1.54) is 11.1 Å². The van der Waals surface area contributed by atoms with E-state index < -0.39 is 0 Å². The molecule has 0 radical (unpaired) electrons. The van der Waals surface area contributed by atoms with Gasteiger partial charge < -0.3 is 10.1 Å². The van der Waals surface area contributed by atoms with Gasteiger partial charge in [-0.25, -0.2) is 9.97 Å². The van der Waals surface area contributed by atoms with Crippen molar-refractivity contribution in [1.82, 2.24) is 9.97 Å². The Bertz CT molecular complexity index is 1070. The molecule has 0 atom stereocenters. The molecule has 0 aliphatic heterocycles. The molecule has 0 amide bonds. The number of ether oxygens (including phenoxy) is 1. The third-order valence-corrected chi connectivity index (χ3v) is 5.46. The fourth-order valence-corrected chi connectivity index (χ4v) is 4.13. The Hall–Kier alpha value is -2.92. The van der Waals surface area contributed by atoms with Gasteiger partial charge in [0.1, 0.15) is 22.7 Å². The largest absolute Gasteiger partial charge is 0.494 e. The summed E-state index contributed by atoms with van der Waals surface area (Å²) in [6.45, 7) is 6.87. The smallest absolute Gasteiger partial charge is 0.143 e. The van der Waals surface area contributed by atoms with Gasteiger partial charge in [0.25, 0.3) is 0 Å². The Morgan fingerprint density at radius 3 is 2.44 bits per heavy atom. The first-order valence-corrected chi connectivity index (χ1v) is 9.84. The molecule has 5 heteroatoms. The van der Waals surface area contributed by atoms with E-state index in [1.54, 1.807) is 17.7 Å². The van der Waals surface area contributed by atoms with E-state index in [0.29, 0.717) is 6.61 Å². The second-order valence-corrected chi connectivity index (χ2v) is 7.26. The molecule has 0 fully saturated rings. The summed E-state index contributed by atoms with van der Waals surface area (Å²) in [5.41, 5.74) is 5.75. The average molecular weight is 375 g/mol. The zero-order chi connectivity index (χ0) is 18.8. The first-order valence-electron chi connectivity index (χ1n) is 8.96. The number of aromatic nitrogens is 2. The maximum absolute atomic E-state index is 5.56. The highest BCUT2D eigenvalue weighted by Crippen LogP contribution is 2.38. The van der Waals surface area contributed by atoms with Crippen molar-refractivity contribution in [3.8, 4) is 16.9 Å². The van der Waals surface area contributed by atoms with Crippen LogP contribution >= 0.6 is 11.3 Å². The minimum absolute atomic E-state index is 0.665. The Labute approximate surface area is 162 Å². The second kappa shape index (κ2) is 7.37. The minimum atomic E-state index is 0.665. The summed E-state index contributed by atoms with van der Waals surface area (Å²) in [6.07, 6.45) is 1.62. The number of benzene rings is 2. The minimum Gasteiger partial charge on any atom is -0.494 e. The van der Waals surface area contributed by atoms with Crippen molar-refractivity contribution in [3.05, 3.63) is 65.3 Å². The molecule has 0 saturated carbocycles. The Morgan fingerprint density at radius 1 is 1.00 bits per heavy atom. The molecule has 0 saturated heterocycles. The van der Waals surface area contributed by atoms with E-state index in [4.69, 9.17) is 4.74 Å². The molecule has 0 bridgehead atoms. The Balaban J connectivity index is 1.80. The number of rotatable bonds is 5. The first-order chi connectivity index (χ1) is 13.2. The van der Waals surface area contributed by atoms with E-state index >= 15 is 0 Å². The standard InChI is InChI=1S/C22H21N3OS/c1-4-26-17-10-8-16(9-11-17)18-12-27-22-19(18)21(23-13-24-22)25-20-14(2)6-5-7-15(20)3/h5-13H,4H2,1-3H3,(H,23,24,25). The SMILES string of the molecule is CCOc1ccc(-c2csc3ncnc(Nc4c(C)cccc4C)c23)cc1. The van der Waals surface area contributed by atoms with Crippen LogP contribution in [0.3, 0.4) is 0 Å². The molecule has 27 heavy (non-hydrogen) atoms. The molecule has 2 aromatic carbocycles. The van der Waals surface area contributed by atoms with Crippen molar-refractivity contribution >= 4 is 33.1 Å². The maximum Gasteiger partial charge on any atom is 0.143 e. The number of fused-ring (bicyclic) bond motifs is 1. The number of para-hydroxylation sites is 1. The van der Waals surface area contributed by atoms with Crippen LogP contribution in [0, 0.1) is 13.8 Å². The highest BCUT2D eigenvalue weighted by atomic mass is 32.1. The van der Waals surface area contributed by atoms with Crippen LogP contribution < -0.4 is 10.1 Å². The molecule has 0 aliphatic rings. The lowest BCUT2D eigenvalue weighted by molar-refractivity contribution is 0.340. The second-order valence-electron chi connectivity index (χ2n) is 6.40. The monoisotopic (exact) mass is 375 g/mol. The fourth-order valence-electron chi connectivity index (χ4n) is 3.21. The van der Waals surface area contributed by atoms with Gasteiger partial charge in [0.05, 0.1) is 12.0 Å². The molecule has 0 spiro atoms. The van der Waals surface area contributed by atoms with Gasteiger partial charge in [0.2, 0.25) is 0 Å². The van der Waals surface area contributed by atoms with Gasteiger partial charge in [-0.1, -0.05) is 30.3 Å². The van der Waals surface area contributed by atoms with Crippen molar-refractivity contribution in [1.29, 1.82) is 0 Å². The van der Waals surface area contributed by atoms with E-state index in [9.17, 15) is 0 Å². The number of nitrogens with one attached hydrogen (secondary N) is 1. The number of anilines is 2. The molecule has 1 N–H and O–H groups in total. The molecule has 4 nitrogen and oxygen atoms in total. The van der Waals surface area contributed by atoms with Gasteiger partial charge in [-0.3, -0.25) is 0 Å². The van der Waals surface area contributed by atoms with Gasteiger partial charge in [-0.05, 0) is 49.6 Å². The molecule has 4 aromatic rings. The highest BCUT2D eigenvalue weighted by molar-refractivity contribution is 7.17. The lowest BCUT2D eigenvalue weighted by Gasteiger charge is -2.13. The van der Waals surface area contributed by atoms with E-state index in [0.717, 1.165) is 38.6 Å². The number of aryl methyl sites for hydroxylation is 2. The predicted octanol–water partition coefficient (Wildman–Crippen LogP) is 6.12. The molecule has 136 valence electrons. The summed E-state index contributed by atoms with van der Waals surface area (Å²) in [4.78, 5) is 9.99. The maximum atomic E-state index is 5.56. The van der Waals surface area contributed by atoms with E-state index in [2.05, 4.69) is 64.8 Å². The van der Waals surface area contributed by atoms with Crippen LogP contribution in [-0.2, 0) is 0 Å². The summed E-state index contributed by atoms with van der Waals surface area (Å²) in [5, 5.41) is 6.74. The molecular weight excluding hydrogens is 354 g/mol. The quantitative estimate of drug-likeness (QED) is 0.457. The van der Waals surface area contributed by atoms with Gasteiger partial charge in [0, 0.05) is 16.6 Å². The van der Waals surface area contributed by atoms with Gasteiger partial charge in [-0.2, -0.15) is 0 Å². The van der Waals surface area contributed by atoms with E-state index in [1.807, 2.05) is 19.1 Å². The van der Waals surface area contributed by atoms with Gasteiger partial charge in [0.15, 0.2) is 0 Å². The van der Waals surface area contributed by atoms with Crippen molar-refractivity contribution in [2.24, 2.45) is 0 Å². The molecule has 0 unspecified atom stereocenters. The summed E-state index contributed by atoms with van der Waals surface area (Å²) >= 11 is 1.63. The Morgan fingerprint density at radius 2 is 1.74 bits per heavy atom. The molecule has 4 rings (SSSR count). The van der Waals surface area contributed by atoms with Crippen molar-refractivity contribution in [3.63, 3.8) is 0 Å². The van der Waals surface area contributed by atoms with Crippen LogP contribution in [0.2, 0.25) is 0 Å². The molecule has 2 heterocycles. The van der Waals surface area contributed by atoms with Crippen molar-refractivity contribution in [2.75, 3.05) is 11.9 Å². The number of nitrogens with zero attached hydrogens (tertiary/aromatic N) is 2. The van der Waals surface area contributed by atoms with Crippen LogP contribution in [0.5, 0.6) is 5.75 Å². The number of hydrogen-bond acceptors (Lipinski definition) is 5. The van der Waals surface area contributed by atoms with Gasteiger partial charge in [-0.15, -0.1) is 11.3 Å². The number of hydrogen-bond donors (Lipinski definition) is 1. The van der Waals surface area contributed by atoms with Crippen LogP contribution in [0.15, 0.2) is 54.2 Å². The number of thiophene rings is 1. The summed E-state index contributed by atoms with van der Waals surface area (Å²) in [5.74, 6) is 1.72. The highest BCUT2D eigenvalue weighted by Gasteiger charge is 2.14. The Kier molecular flexibility index (Phi) is 4.77. The lowest BCUT2D eigenvalue weighted by Crippen LogP contribution is -1.99. The molecule has 0 aliphatic carbocycles. The van der Waals surface area contributed by atoms with Crippen LogP contribution in [-0.4, -0.2) is 16.6 Å². The zero-order valence-corrected chi connectivity index (χ0v) is 16.4. The zero-order valence-electron chi connectivity index (χ0n) is 15.6. The third kappa shape index (κ3) is 3.38. The summed E-state index contributed by atoms with van der Waals surface area (Å²) in [7, 11) is 0. The average Bonchev–Trinajstić information content (AvgIpc) is 3.11. The normalized spacial score (nSPS) is 10.9. The van der Waals surface area contributed by atoms with Crippen LogP contribution in [0.4, 0.5) is 11.5 Å².